The normalized spacial score (nSPS) is 23.2. The highest BCUT2D eigenvalue weighted by molar-refractivity contribution is 6.66. The first-order valence-corrected chi connectivity index (χ1v) is 7.32. The maximum atomic E-state index is 13.1. The van der Waals surface area contributed by atoms with E-state index in [-0.39, 0.29) is 5.54 Å². The van der Waals surface area contributed by atoms with Crippen molar-refractivity contribution in [2.75, 3.05) is 0 Å². The van der Waals surface area contributed by atoms with Crippen LogP contribution in [0.4, 0.5) is 8.22 Å². The summed E-state index contributed by atoms with van der Waals surface area (Å²) in [5.41, 5.74) is -0.210. The standard InChI is InChI=1S/C9H18F2Si/c1-12(10,11)9-7-5-3-2-4-6-8-9/h9H,2-8H2,1H3. The van der Waals surface area contributed by atoms with E-state index in [0.717, 1.165) is 25.7 Å². The van der Waals surface area contributed by atoms with Crippen LogP contribution in [0.1, 0.15) is 44.9 Å². The van der Waals surface area contributed by atoms with Crippen LogP contribution in [0.2, 0.25) is 12.1 Å². The van der Waals surface area contributed by atoms with E-state index >= 15 is 0 Å². The molecule has 0 aromatic heterocycles. The van der Waals surface area contributed by atoms with E-state index in [1.807, 2.05) is 0 Å². The van der Waals surface area contributed by atoms with Gasteiger partial charge in [-0.3, -0.25) is 8.22 Å². The Kier molecular flexibility index (Phi) is 3.68. The van der Waals surface area contributed by atoms with Crippen molar-refractivity contribution in [2.24, 2.45) is 0 Å². The summed E-state index contributed by atoms with van der Waals surface area (Å²) in [6.45, 7) is 1.21. The van der Waals surface area contributed by atoms with Crippen LogP contribution in [0.15, 0.2) is 0 Å². The first-order valence-electron chi connectivity index (χ1n) is 4.98. The van der Waals surface area contributed by atoms with E-state index < -0.39 is 8.74 Å². The van der Waals surface area contributed by atoms with Crippen LogP contribution in [0, 0.1) is 0 Å². The Morgan fingerprint density at radius 2 is 1.33 bits per heavy atom. The minimum atomic E-state index is -3.81. The van der Waals surface area contributed by atoms with Gasteiger partial charge in [-0.15, -0.1) is 0 Å². The molecule has 0 radical (unpaired) electrons. The van der Waals surface area contributed by atoms with Gasteiger partial charge >= 0.3 is 8.74 Å². The minimum absolute atomic E-state index is 0.210. The van der Waals surface area contributed by atoms with E-state index in [2.05, 4.69) is 0 Å². The quantitative estimate of drug-likeness (QED) is 0.433. The number of halogens is 2. The largest absolute Gasteiger partial charge is 0.425 e. The lowest BCUT2D eigenvalue weighted by Crippen LogP contribution is -2.26. The topological polar surface area (TPSA) is 0 Å². The Bertz CT molecular complexity index is 123. The molecule has 12 heavy (non-hydrogen) atoms. The fourth-order valence-electron chi connectivity index (χ4n) is 1.96. The van der Waals surface area contributed by atoms with Crippen molar-refractivity contribution in [3.05, 3.63) is 0 Å². The van der Waals surface area contributed by atoms with Crippen LogP contribution in [0.25, 0.3) is 0 Å². The molecule has 72 valence electrons. The summed E-state index contributed by atoms with van der Waals surface area (Å²) in [6.07, 6.45) is 7.22. The summed E-state index contributed by atoms with van der Waals surface area (Å²) in [5.74, 6) is 0. The van der Waals surface area contributed by atoms with Crippen molar-refractivity contribution in [3.63, 3.8) is 0 Å². The molecule has 1 saturated carbocycles. The van der Waals surface area contributed by atoms with Gasteiger partial charge in [-0.05, 0) is 19.4 Å². The van der Waals surface area contributed by atoms with Gasteiger partial charge in [0.1, 0.15) is 0 Å². The Morgan fingerprint density at radius 3 is 1.75 bits per heavy atom. The zero-order valence-corrected chi connectivity index (χ0v) is 8.78. The highest BCUT2D eigenvalue weighted by Crippen LogP contribution is 2.36. The monoisotopic (exact) mass is 192 g/mol. The summed E-state index contributed by atoms with van der Waals surface area (Å²) in [6, 6.07) is 0. The van der Waals surface area contributed by atoms with Crippen LogP contribution in [0.3, 0.4) is 0 Å². The molecule has 0 N–H and O–H groups in total. The third-order valence-electron chi connectivity index (χ3n) is 2.82. The van der Waals surface area contributed by atoms with E-state index in [9.17, 15) is 8.22 Å². The maximum absolute atomic E-state index is 13.1. The molecule has 0 saturated heterocycles. The molecule has 1 fully saturated rings. The SMILES string of the molecule is C[Si](F)(F)C1CCCCCCC1. The van der Waals surface area contributed by atoms with Gasteiger partial charge in [0.05, 0.1) is 0 Å². The minimum Gasteiger partial charge on any atom is -0.270 e. The molecule has 0 spiro atoms. The molecule has 0 aromatic rings. The Morgan fingerprint density at radius 1 is 0.917 bits per heavy atom. The number of hydrogen-bond acceptors (Lipinski definition) is 0. The van der Waals surface area contributed by atoms with Gasteiger partial charge in [0.2, 0.25) is 0 Å². The molecule has 0 atom stereocenters. The zero-order valence-electron chi connectivity index (χ0n) is 7.78. The van der Waals surface area contributed by atoms with Gasteiger partial charge in [-0.1, -0.05) is 32.1 Å². The van der Waals surface area contributed by atoms with E-state index in [4.69, 9.17) is 0 Å². The first-order chi connectivity index (χ1) is 5.61. The molecule has 0 bridgehead atoms. The van der Waals surface area contributed by atoms with Crippen LogP contribution < -0.4 is 0 Å². The summed E-state index contributed by atoms with van der Waals surface area (Å²) < 4.78 is 26.1. The van der Waals surface area contributed by atoms with Crippen LogP contribution in [-0.4, -0.2) is 8.74 Å². The van der Waals surface area contributed by atoms with E-state index in [1.54, 1.807) is 0 Å². The molecule has 0 aromatic carbocycles. The molecular weight excluding hydrogens is 174 g/mol. The molecular formula is C9H18F2Si. The number of rotatable bonds is 1. The summed E-state index contributed by atoms with van der Waals surface area (Å²) in [5, 5.41) is 0. The van der Waals surface area contributed by atoms with Gasteiger partial charge in [0.15, 0.2) is 0 Å². The highest BCUT2D eigenvalue weighted by Gasteiger charge is 2.38. The fraction of sp³-hybridized carbons (Fsp3) is 1.00. The van der Waals surface area contributed by atoms with Crippen molar-refractivity contribution in [1.82, 2.24) is 0 Å². The second-order valence-electron chi connectivity index (χ2n) is 4.00. The second-order valence-corrected chi connectivity index (χ2v) is 6.73. The molecule has 0 nitrogen and oxygen atoms in total. The summed E-state index contributed by atoms with van der Waals surface area (Å²) in [4.78, 5) is 0. The van der Waals surface area contributed by atoms with Crippen molar-refractivity contribution in [3.8, 4) is 0 Å². The lowest BCUT2D eigenvalue weighted by molar-refractivity contribution is 0.448. The van der Waals surface area contributed by atoms with Crippen LogP contribution in [0.5, 0.6) is 0 Å². The molecule has 3 heteroatoms. The fourth-order valence-corrected chi connectivity index (χ4v) is 3.39. The van der Waals surface area contributed by atoms with Crippen LogP contribution in [-0.2, 0) is 0 Å². The smallest absolute Gasteiger partial charge is 0.270 e. The van der Waals surface area contributed by atoms with Crippen LogP contribution >= 0.6 is 0 Å². The van der Waals surface area contributed by atoms with E-state index in [1.165, 1.54) is 25.8 Å². The molecule has 0 unspecified atom stereocenters. The highest BCUT2D eigenvalue weighted by atomic mass is 28.4. The van der Waals surface area contributed by atoms with Crippen molar-refractivity contribution in [2.45, 2.75) is 57.0 Å². The zero-order chi connectivity index (χ0) is 9.03. The Balaban J connectivity index is 2.40. The van der Waals surface area contributed by atoms with Gasteiger partial charge in [-0.25, -0.2) is 0 Å². The van der Waals surface area contributed by atoms with Crippen molar-refractivity contribution in [1.29, 1.82) is 0 Å². The predicted octanol–water partition coefficient (Wildman–Crippen LogP) is 4.11. The van der Waals surface area contributed by atoms with Crippen molar-refractivity contribution < 1.29 is 8.22 Å². The maximum Gasteiger partial charge on any atom is 0.425 e. The Hall–Kier alpha value is 0.0769. The molecule has 0 aliphatic heterocycles. The molecule has 0 heterocycles. The molecule has 1 aliphatic rings. The Labute approximate surface area is 74.7 Å². The first kappa shape index (κ1) is 10.2. The van der Waals surface area contributed by atoms with Gasteiger partial charge < -0.3 is 0 Å². The number of hydrogen-bond donors (Lipinski definition) is 0. The van der Waals surface area contributed by atoms with Gasteiger partial charge in [0, 0.05) is 5.54 Å². The lowest BCUT2D eigenvalue weighted by atomic mass is 10.0. The average Bonchev–Trinajstić information content (AvgIpc) is 1.81. The third kappa shape index (κ3) is 3.21. The summed E-state index contributed by atoms with van der Waals surface area (Å²) >= 11 is 0. The van der Waals surface area contributed by atoms with Crippen molar-refractivity contribution >= 4 is 8.74 Å². The summed E-state index contributed by atoms with van der Waals surface area (Å²) in [7, 11) is -3.81. The van der Waals surface area contributed by atoms with E-state index in [0.29, 0.717) is 0 Å². The van der Waals surface area contributed by atoms with Gasteiger partial charge in [0.25, 0.3) is 0 Å². The van der Waals surface area contributed by atoms with Gasteiger partial charge in [-0.2, -0.15) is 0 Å². The predicted molar refractivity (Wildman–Crippen MR) is 49.9 cm³/mol. The molecule has 0 amide bonds. The second kappa shape index (κ2) is 4.35. The average molecular weight is 192 g/mol. The molecule has 1 aliphatic carbocycles. The molecule has 1 rings (SSSR count). The lowest BCUT2D eigenvalue weighted by Gasteiger charge is -2.22. The third-order valence-corrected chi connectivity index (χ3v) is 4.83.